The summed E-state index contributed by atoms with van der Waals surface area (Å²) in [6.07, 6.45) is 3.69. The molecular formula is C22H16ClNO3. The Morgan fingerprint density at radius 3 is 2.41 bits per heavy atom. The van der Waals surface area contributed by atoms with Crippen molar-refractivity contribution >= 4 is 41.6 Å². The van der Waals surface area contributed by atoms with Crippen molar-refractivity contribution in [2.24, 2.45) is 0 Å². The number of nitrogens with zero attached hydrogens (tertiary/aromatic N) is 1. The Balaban J connectivity index is 0.00000210. The van der Waals surface area contributed by atoms with E-state index in [0.717, 1.165) is 11.1 Å². The molecule has 1 aromatic heterocycles. The molecule has 27 heavy (non-hydrogen) atoms. The summed E-state index contributed by atoms with van der Waals surface area (Å²) in [7, 11) is 0. The monoisotopic (exact) mass is 377 g/mol. The molecule has 0 aliphatic carbocycles. The lowest BCUT2D eigenvalue weighted by atomic mass is 10.0. The molecule has 0 saturated carbocycles. The van der Waals surface area contributed by atoms with Crippen molar-refractivity contribution < 1.29 is 14.3 Å². The SMILES string of the molecule is Cl.O=C(O)c1cc(-c2nc3ccccc3o2)ccc1C=Cc1ccccc1. The molecule has 1 N–H and O–H groups in total. The first-order chi connectivity index (χ1) is 12.7. The number of benzene rings is 3. The number of rotatable bonds is 4. The lowest BCUT2D eigenvalue weighted by molar-refractivity contribution is 0.0696. The molecule has 4 rings (SSSR count). The van der Waals surface area contributed by atoms with Crippen LogP contribution in [0.3, 0.4) is 0 Å². The third kappa shape index (κ3) is 3.91. The minimum absolute atomic E-state index is 0. The second-order valence-corrected chi connectivity index (χ2v) is 5.84. The molecule has 0 atom stereocenters. The lowest BCUT2D eigenvalue weighted by Crippen LogP contribution is -2.00. The fourth-order valence-electron chi connectivity index (χ4n) is 2.77. The van der Waals surface area contributed by atoms with Gasteiger partial charge in [-0.05, 0) is 35.4 Å². The molecule has 0 saturated heterocycles. The van der Waals surface area contributed by atoms with Gasteiger partial charge in [0.25, 0.3) is 0 Å². The molecule has 4 nitrogen and oxygen atoms in total. The number of oxazole rings is 1. The van der Waals surface area contributed by atoms with Gasteiger partial charge in [-0.25, -0.2) is 9.78 Å². The van der Waals surface area contributed by atoms with E-state index in [4.69, 9.17) is 4.42 Å². The Morgan fingerprint density at radius 1 is 0.926 bits per heavy atom. The summed E-state index contributed by atoms with van der Waals surface area (Å²) in [4.78, 5) is 16.1. The Hall–Kier alpha value is -3.37. The van der Waals surface area contributed by atoms with Crippen molar-refractivity contribution in [3.8, 4) is 11.5 Å². The number of aromatic nitrogens is 1. The van der Waals surface area contributed by atoms with Crippen molar-refractivity contribution in [1.82, 2.24) is 4.98 Å². The number of hydrogen-bond donors (Lipinski definition) is 1. The number of carboxylic acid groups (broad SMARTS) is 1. The molecule has 0 aliphatic rings. The normalized spacial score (nSPS) is 10.8. The number of aromatic carboxylic acids is 1. The van der Waals surface area contributed by atoms with Crippen molar-refractivity contribution in [3.05, 3.63) is 89.5 Å². The summed E-state index contributed by atoms with van der Waals surface area (Å²) in [5.41, 5.74) is 3.89. The van der Waals surface area contributed by atoms with Crippen LogP contribution in [0.4, 0.5) is 0 Å². The van der Waals surface area contributed by atoms with Gasteiger partial charge in [-0.2, -0.15) is 0 Å². The van der Waals surface area contributed by atoms with E-state index in [1.54, 1.807) is 18.2 Å². The molecule has 0 fully saturated rings. The fourth-order valence-corrected chi connectivity index (χ4v) is 2.77. The van der Waals surface area contributed by atoms with Crippen LogP contribution in [0.5, 0.6) is 0 Å². The molecular weight excluding hydrogens is 362 g/mol. The van der Waals surface area contributed by atoms with Gasteiger partial charge in [0.05, 0.1) is 5.56 Å². The predicted octanol–water partition coefficient (Wildman–Crippen LogP) is 5.79. The summed E-state index contributed by atoms with van der Waals surface area (Å²) in [6.45, 7) is 0. The third-order valence-corrected chi connectivity index (χ3v) is 4.08. The summed E-state index contributed by atoms with van der Waals surface area (Å²) >= 11 is 0. The van der Waals surface area contributed by atoms with Gasteiger partial charge in [0.15, 0.2) is 5.58 Å². The van der Waals surface area contributed by atoms with Crippen LogP contribution in [0, 0.1) is 0 Å². The molecule has 4 aromatic rings. The Morgan fingerprint density at radius 2 is 1.67 bits per heavy atom. The molecule has 0 bridgehead atoms. The van der Waals surface area contributed by atoms with E-state index in [9.17, 15) is 9.90 Å². The number of hydrogen-bond acceptors (Lipinski definition) is 3. The first kappa shape index (κ1) is 18.4. The van der Waals surface area contributed by atoms with Crippen LogP contribution in [-0.2, 0) is 0 Å². The van der Waals surface area contributed by atoms with Crippen LogP contribution in [0.1, 0.15) is 21.5 Å². The zero-order chi connectivity index (χ0) is 17.9. The smallest absolute Gasteiger partial charge is 0.336 e. The first-order valence-electron chi connectivity index (χ1n) is 8.17. The van der Waals surface area contributed by atoms with Crippen LogP contribution >= 0.6 is 12.4 Å². The van der Waals surface area contributed by atoms with Gasteiger partial charge in [-0.15, -0.1) is 12.4 Å². The molecule has 5 heteroatoms. The Kier molecular flexibility index (Phi) is 5.38. The highest BCUT2D eigenvalue weighted by atomic mass is 35.5. The predicted molar refractivity (Wildman–Crippen MR) is 109 cm³/mol. The average Bonchev–Trinajstić information content (AvgIpc) is 3.11. The standard InChI is InChI=1S/C22H15NO3.ClH/c24-22(25)18-14-17(21-23-19-8-4-5-9-20(19)26-21)13-12-16(18)11-10-15-6-2-1-3-7-15;/h1-14H,(H,24,25);1H. The van der Waals surface area contributed by atoms with Crippen LogP contribution in [0.2, 0.25) is 0 Å². The number of carboxylic acids is 1. The topological polar surface area (TPSA) is 63.3 Å². The highest BCUT2D eigenvalue weighted by molar-refractivity contribution is 5.95. The Labute approximate surface area is 162 Å². The molecule has 134 valence electrons. The minimum atomic E-state index is -0.990. The largest absolute Gasteiger partial charge is 0.478 e. The van der Waals surface area contributed by atoms with Crippen LogP contribution in [0.15, 0.2) is 77.2 Å². The van der Waals surface area contributed by atoms with E-state index in [0.29, 0.717) is 22.6 Å². The zero-order valence-electron chi connectivity index (χ0n) is 14.2. The van der Waals surface area contributed by atoms with E-state index in [2.05, 4.69) is 4.98 Å². The minimum Gasteiger partial charge on any atom is -0.478 e. The zero-order valence-corrected chi connectivity index (χ0v) is 15.0. The highest BCUT2D eigenvalue weighted by Crippen LogP contribution is 2.26. The van der Waals surface area contributed by atoms with Gasteiger partial charge in [0.1, 0.15) is 5.52 Å². The van der Waals surface area contributed by atoms with E-state index in [1.165, 1.54) is 0 Å². The highest BCUT2D eigenvalue weighted by Gasteiger charge is 2.13. The lowest BCUT2D eigenvalue weighted by Gasteiger charge is -2.04. The number of halogens is 1. The summed E-state index contributed by atoms with van der Waals surface area (Å²) in [5, 5.41) is 9.59. The first-order valence-corrected chi connectivity index (χ1v) is 8.17. The molecule has 0 radical (unpaired) electrons. The fraction of sp³-hybridized carbons (Fsp3) is 0. The summed E-state index contributed by atoms with van der Waals surface area (Å²) in [6, 6.07) is 22.4. The molecule has 0 spiro atoms. The van der Waals surface area contributed by atoms with E-state index < -0.39 is 5.97 Å². The molecule has 0 amide bonds. The van der Waals surface area contributed by atoms with Gasteiger partial charge in [0.2, 0.25) is 5.89 Å². The van der Waals surface area contributed by atoms with Crippen molar-refractivity contribution in [2.45, 2.75) is 0 Å². The maximum absolute atomic E-state index is 11.7. The average molecular weight is 378 g/mol. The van der Waals surface area contributed by atoms with Gasteiger partial charge < -0.3 is 9.52 Å². The number of para-hydroxylation sites is 2. The van der Waals surface area contributed by atoms with E-state index in [1.807, 2.05) is 66.7 Å². The second-order valence-electron chi connectivity index (χ2n) is 5.84. The van der Waals surface area contributed by atoms with Gasteiger partial charge in [-0.3, -0.25) is 0 Å². The van der Waals surface area contributed by atoms with Crippen LogP contribution in [0.25, 0.3) is 34.7 Å². The molecule has 0 aliphatic heterocycles. The van der Waals surface area contributed by atoms with E-state index >= 15 is 0 Å². The van der Waals surface area contributed by atoms with Crippen LogP contribution < -0.4 is 0 Å². The molecule has 0 unspecified atom stereocenters. The second kappa shape index (κ2) is 7.89. The summed E-state index contributed by atoms with van der Waals surface area (Å²) in [5.74, 6) is -0.581. The number of carbonyl (C=O) groups is 1. The summed E-state index contributed by atoms with van der Waals surface area (Å²) < 4.78 is 5.74. The third-order valence-electron chi connectivity index (χ3n) is 4.08. The maximum Gasteiger partial charge on any atom is 0.336 e. The molecule has 1 heterocycles. The van der Waals surface area contributed by atoms with Crippen molar-refractivity contribution in [2.75, 3.05) is 0 Å². The maximum atomic E-state index is 11.7. The van der Waals surface area contributed by atoms with Gasteiger partial charge >= 0.3 is 5.97 Å². The Bertz CT molecular complexity index is 1080. The quantitative estimate of drug-likeness (QED) is 0.457. The van der Waals surface area contributed by atoms with Gasteiger partial charge in [-0.1, -0.05) is 60.7 Å². The van der Waals surface area contributed by atoms with Crippen molar-refractivity contribution in [3.63, 3.8) is 0 Å². The van der Waals surface area contributed by atoms with Crippen molar-refractivity contribution in [1.29, 1.82) is 0 Å². The van der Waals surface area contributed by atoms with Gasteiger partial charge in [0, 0.05) is 5.56 Å². The number of fused-ring (bicyclic) bond motifs is 1. The van der Waals surface area contributed by atoms with Crippen LogP contribution in [-0.4, -0.2) is 16.1 Å². The molecule has 3 aromatic carbocycles. The van der Waals surface area contributed by atoms with E-state index in [-0.39, 0.29) is 18.0 Å².